The van der Waals surface area contributed by atoms with E-state index in [9.17, 15) is 4.79 Å². The lowest BCUT2D eigenvalue weighted by Gasteiger charge is -2.15. The van der Waals surface area contributed by atoms with Crippen LogP contribution in [0.15, 0.2) is 40.1 Å². The molecule has 1 aliphatic carbocycles. The van der Waals surface area contributed by atoms with Gasteiger partial charge in [-0.25, -0.2) is 4.79 Å². The Morgan fingerprint density at radius 2 is 1.97 bits per heavy atom. The molecule has 9 heteroatoms. The number of hydrogen-bond donors (Lipinski definition) is 0. The van der Waals surface area contributed by atoms with E-state index in [1.807, 2.05) is 46.3 Å². The number of ether oxygens (including phenoxy) is 1. The Kier molecular flexibility index (Phi) is 5.80. The van der Waals surface area contributed by atoms with Crippen molar-refractivity contribution in [3.8, 4) is 5.69 Å². The van der Waals surface area contributed by atoms with Crippen molar-refractivity contribution in [2.75, 3.05) is 7.11 Å². The molecule has 0 aliphatic heterocycles. The average molecular weight is 448 g/mol. The molecular formula is C24H29N7O2. The summed E-state index contributed by atoms with van der Waals surface area (Å²) in [6.07, 6.45) is 10.2. The number of aryl methyl sites for hydroxylation is 4. The van der Waals surface area contributed by atoms with E-state index in [1.165, 1.54) is 0 Å². The van der Waals surface area contributed by atoms with Gasteiger partial charge in [0.05, 0.1) is 41.1 Å². The van der Waals surface area contributed by atoms with E-state index in [4.69, 9.17) is 4.74 Å². The third kappa shape index (κ3) is 3.90. The summed E-state index contributed by atoms with van der Waals surface area (Å²) in [5.74, 6) is 0.730. The number of allylic oxidation sites excluding steroid dienone is 3. The molecule has 1 aliphatic rings. The zero-order valence-corrected chi connectivity index (χ0v) is 20.0. The Morgan fingerprint density at radius 3 is 2.58 bits per heavy atom. The van der Waals surface area contributed by atoms with Gasteiger partial charge in [-0.2, -0.15) is 10.2 Å². The van der Waals surface area contributed by atoms with Gasteiger partial charge in [0.15, 0.2) is 0 Å². The zero-order chi connectivity index (χ0) is 23.9. The van der Waals surface area contributed by atoms with Gasteiger partial charge in [-0.1, -0.05) is 12.7 Å². The van der Waals surface area contributed by atoms with Crippen LogP contribution in [0.5, 0.6) is 0 Å². The van der Waals surface area contributed by atoms with Crippen LogP contribution in [0.2, 0.25) is 0 Å². The number of nitrogens with zero attached hydrogens (tertiary/aromatic N) is 7. The fourth-order valence-corrected chi connectivity index (χ4v) is 4.08. The standard InChI is InChI=1S/C24H29N7O2/c1-8-30-14-22(16(3)27-30)31-17(4)21(29(6)24(31)32)12-25-18-9-10-19(23(11-18)33-7)20-13-28(5)26-15(20)2/h10-14H,4,8-9H2,1-3,5-7H3/b21-12+,25-18+. The average Bonchev–Trinajstić information content (AvgIpc) is 3.40. The molecule has 4 rings (SSSR count). The smallest absolute Gasteiger partial charge is 0.333 e. The molecule has 0 saturated carbocycles. The molecule has 0 N–H and O–H groups in total. The van der Waals surface area contributed by atoms with Gasteiger partial charge in [0.1, 0.15) is 5.76 Å². The summed E-state index contributed by atoms with van der Waals surface area (Å²) in [5.41, 5.74) is 5.13. The Hall–Kier alpha value is -3.88. The van der Waals surface area contributed by atoms with E-state index < -0.39 is 0 Å². The predicted octanol–water partition coefficient (Wildman–Crippen LogP) is 1.35. The number of imidazole rings is 1. The largest absolute Gasteiger partial charge is 0.496 e. The van der Waals surface area contributed by atoms with Gasteiger partial charge in [0.2, 0.25) is 0 Å². The Labute approximate surface area is 191 Å². The zero-order valence-electron chi connectivity index (χ0n) is 20.0. The van der Waals surface area contributed by atoms with Crippen molar-refractivity contribution in [3.05, 3.63) is 68.4 Å². The highest BCUT2D eigenvalue weighted by atomic mass is 16.5. The van der Waals surface area contributed by atoms with Crippen molar-refractivity contribution in [1.82, 2.24) is 28.7 Å². The Balaban J connectivity index is 1.74. The molecule has 3 aromatic heterocycles. The van der Waals surface area contributed by atoms with Crippen molar-refractivity contribution in [3.63, 3.8) is 0 Å². The molecular weight excluding hydrogens is 418 g/mol. The fourth-order valence-electron chi connectivity index (χ4n) is 4.08. The van der Waals surface area contributed by atoms with Crippen LogP contribution in [0.4, 0.5) is 0 Å². The van der Waals surface area contributed by atoms with Crippen molar-refractivity contribution >= 4 is 24.1 Å². The minimum absolute atomic E-state index is 0.184. The molecule has 0 atom stereocenters. The lowest BCUT2D eigenvalue weighted by molar-refractivity contribution is 0.311. The second-order valence-electron chi connectivity index (χ2n) is 8.05. The summed E-state index contributed by atoms with van der Waals surface area (Å²) < 4.78 is 12.4. The van der Waals surface area contributed by atoms with Gasteiger partial charge in [-0.05, 0) is 20.8 Å². The van der Waals surface area contributed by atoms with Crippen LogP contribution >= 0.6 is 0 Å². The third-order valence-corrected chi connectivity index (χ3v) is 5.85. The second kappa shape index (κ2) is 8.57. The summed E-state index contributed by atoms with van der Waals surface area (Å²) in [6, 6.07) is 0. The van der Waals surface area contributed by atoms with E-state index in [2.05, 4.69) is 27.8 Å². The molecule has 172 valence electrons. The van der Waals surface area contributed by atoms with Crippen molar-refractivity contribution in [2.24, 2.45) is 19.1 Å². The van der Waals surface area contributed by atoms with Crippen LogP contribution in [0.3, 0.4) is 0 Å². The molecule has 0 radical (unpaired) electrons. The number of hydrogen-bond acceptors (Lipinski definition) is 5. The molecule has 0 unspecified atom stereocenters. The van der Waals surface area contributed by atoms with E-state index in [-0.39, 0.29) is 5.69 Å². The second-order valence-corrected chi connectivity index (χ2v) is 8.05. The molecule has 3 aromatic rings. The fraction of sp³-hybridized carbons (Fsp3) is 0.333. The van der Waals surface area contributed by atoms with Crippen LogP contribution in [-0.2, 0) is 25.4 Å². The molecule has 0 saturated heterocycles. The van der Waals surface area contributed by atoms with Gasteiger partial charge in [0, 0.05) is 62.4 Å². The SMILES string of the molecule is C=c1/c(=C\N=C2\C=C(OC)C(c3cn(C)nc3C)=CC2)n(C)c(=O)n1-c1cn(CC)nc1C. The van der Waals surface area contributed by atoms with Crippen LogP contribution in [0, 0.1) is 13.8 Å². The quantitative estimate of drug-likeness (QED) is 0.591. The summed E-state index contributed by atoms with van der Waals surface area (Å²) in [4.78, 5) is 17.6. The first kappa shape index (κ1) is 22.3. The van der Waals surface area contributed by atoms with Crippen LogP contribution in [-0.4, -0.2) is 41.5 Å². The highest BCUT2D eigenvalue weighted by Gasteiger charge is 2.18. The Morgan fingerprint density at radius 1 is 1.21 bits per heavy atom. The van der Waals surface area contributed by atoms with E-state index in [1.54, 1.807) is 38.9 Å². The van der Waals surface area contributed by atoms with Gasteiger partial charge in [-0.15, -0.1) is 0 Å². The summed E-state index contributed by atoms with van der Waals surface area (Å²) in [7, 11) is 5.27. The van der Waals surface area contributed by atoms with Crippen LogP contribution < -0.4 is 16.4 Å². The Bertz CT molecular complexity index is 1490. The van der Waals surface area contributed by atoms with Gasteiger partial charge in [0.25, 0.3) is 0 Å². The maximum atomic E-state index is 13.0. The van der Waals surface area contributed by atoms with Crippen LogP contribution in [0.25, 0.3) is 24.0 Å². The topological polar surface area (TPSA) is 84.2 Å². The lowest BCUT2D eigenvalue weighted by Crippen LogP contribution is -2.30. The maximum absolute atomic E-state index is 13.0. The van der Waals surface area contributed by atoms with E-state index in [0.29, 0.717) is 17.1 Å². The third-order valence-electron chi connectivity index (χ3n) is 5.85. The summed E-state index contributed by atoms with van der Waals surface area (Å²) in [6.45, 7) is 10.8. The van der Waals surface area contributed by atoms with Crippen molar-refractivity contribution in [2.45, 2.75) is 33.7 Å². The number of rotatable bonds is 5. The first-order valence-electron chi connectivity index (χ1n) is 10.8. The first-order chi connectivity index (χ1) is 15.7. The lowest BCUT2D eigenvalue weighted by atomic mass is 9.97. The molecule has 33 heavy (non-hydrogen) atoms. The molecule has 0 amide bonds. The number of methoxy groups -OCH3 is 1. The monoisotopic (exact) mass is 447 g/mol. The number of aromatic nitrogens is 6. The van der Waals surface area contributed by atoms with Crippen LogP contribution in [0.1, 0.15) is 30.3 Å². The summed E-state index contributed by atoms with van der Waals surface area (Å²) >= 11 is 0. The molecule has 0 aromatic carbocycles. The van der Waals surface area contributed by atoms with Gasteiger partial charge >= 0.3 is 5.69 Å². The molecule has 0 spiro atoms. The minimum atomic E-state index is -0.184. The normalized spacial score (nSPS) is 15.8. The minimum Gasteiger partial charge on any atom is -0.496 e. The highest BCUT2D eigenvalue weighted by Crippen LogP contribution is 2.29. The van der Waals surface area contributed by atoms with Crippen molar-refractivity contribution in [1.29, 1.82) is 0 Å². The highest BCUT2D eigenvalue weighted by molar-refractivity contribution is 6.04. The molecule has 0 fully saturated rings. The summed E-state index contributed by atoms with van der Waals surface area (Å²) in [5, 5.41) is 10.1. The van der Waals surface area contributed by atoms with Gasteiger partial charge < -0.3 is 4.74 Å². The van der Waals surface area contributed by atoms with E-state index in [0.717, 1.165) is 46.2 Å². The van der Waals surface area contributed by atoms with E-state index >= 15 is 0 Å². The maximum Gasteiger partial charge on any atom is 0.333 e. The molecule has 9 nitrogen and oxygen atoms in total. The first-order valence-corrected chi connectivity index (χ1v) is 10.8. The van der Waals surface area contributed by atoms with Crippen molar-refractivity contribution < 1.29 is 4.74 Å². The molecule has 3 heterocycles. The molecule has 0 bridgehead atoms. The van der Waals surface area contributed by atoms with Gasteiger partial charge in [-0.3, -0.25) is 23.5 Å². The predicted molar refractivity (Wildman–Crippen MR) is 130 cm³/mol. The number of aliphatic imine (C=N–C) groups is 1.